The van der Waals surface area contributed by atoms with Crippen molar-refractivity contribution in [1.29, 1.82) is 0 Å². The first-order valence-corrected chi connectivity index (χ1v) is 6.00. The van der Waals surface area contributed by atoms with Crippen molar-refractivity contribution in [2.75, 3.05) is 0 Å². The third-order valence-electron chi connectivity index (χ3n) is 2.59. The molecule has 0 saturated carbocycles. The first-order valence-electron chi connectivity index (χ1n) is 5.24. The van der Waals surface area contributed by atoms with Crippen molar-refractivity contribution in [3.05, 3.63) is 52.0 Å². The molecule has 0 saturated heterocycles. The van der Waals surface area contributed by atoms with E-state index in [-0.39, 0.29) is 6.04 Å². The van der Waals surface area contributed by atoms with Crippen molar-refractivity contribution in [3.63, 3.8) is 0 Å². The first kappa shape index (κ1) is 12.4. The highest BCUT2D eigenvalue weighted by molar-refractivity contribution is 6.35. The highest BCUT2D eigenvalue weighted by Crippen LogP contribution is 2.27. The summed E-state index contributed by atoms with van der Waals surface area (Å²) in [4.78, 5) is 4.22. The van der Waals surface area contributed by atoms with Crippen molar-refractivity contribution in [2.24, 2.45) is 12.8 Å². The Balaban J connectivity index is 2.21. The normalized spacial score (nSPS) is 12.7. The molecule has 0 aliphatic heterocycles. The fourth-order valence-electron chi connectivity index (χ4n) is 1.68. The minimum Gasteiger partial charge on any atom is -0.340 e. The molecule has 17 heavy (non-hydrogen) atoms. The average molecular weight is 270 g/mol. The van der Waals surface area contributed by atoms with E-state index >= 15 is 0 Å². The van der Waals surface area contributed by atoms with Gasteiger partial charge in [-0.2, -0.15) is 0 Å². The van der Waals surface area contributed by atoms with Crippen molar-refractivity contribution in [1.82, 2.24) is 9.55 Å². The van der Waals surface area contributed by atoms with E-state index < -0.39 is 0 Å². The van der Waals surface area contributed by atoms with E-state index in [1.165, 1.54) is 0 Å². The lowest BCUT2D eigenvalue weighted by molar-refractivity contribution is 0.700. The molecular formula is C12H13Cl2N3. The third-order valence-corrected chi connectivity index (χ3v) is 3.30. The van der Waals surface area contributed by atoms with Gasteiger partial charge in [-0.15, -0.1) is 0 Å². The number of benzene rings is 1. The summed E-state index contributed by atoms with van der Waals surface area (Å²) in [6.45, 7) is 0. The lowest BCUT2D eigenvalue weighted by Gasteiger charge is -2.11. The summed E-state index contributed by atoms with van der Waals surface area (Å²) in [6, 6.07) is 5.25. The van der Waals surface area contributed by atoms with Gasteiger partial charge in [-0.3, -0.25) is 0 Å². The minimum atomic E-state index is -0.200. The molecule has 0 bridgehead atoms. The summed E-state index contributed by atoms with van der Waals surface area (Å²) >= 11 is 12.2. The number of rotatable bonds is 3. The van der Waals surface area contributed by atoms with Crippen LogP contribution in [-0.4, -0.2) is 9.55 Å². The van der Waals surface area contributed by atoms with E-state index in [2.05, 4.69) is 4.98 Å². The van der Waals surface area contributed by atoms with Crippen LogP contribution in [-0.2, 0) is 13.5 Å². The average Bonchev–Trinajstić information content (AvgIpc) is 2.70. The molecule has 90 valence electrons. The van der Waals surface area contributed by atoms with E-state index in [9.17, 15) is 0 Å². The molecule has 2 aromatic rings. The van der Waals surface area contributed by atoms with Gasteiger partial charge in [-0.05, 0) is 24.1 Å². The first-order chi connectivity index (χ1) is 8.08. The third kappa shape index (κ3) is 2.80. The van der Waals surface area contributed by atoms with Gasteiger partial charge in [0.2, 0.25) is 0 Å². The Hall–Kier alpha value is -1.03. The van der Waals surface area contributed by atoms with Crippen LogP contribution in [0.3, 0.4) is 0 Å². The Bertz CT molecular complexity index is 502. The second-order valence-electron chi connectivity index (χ2n) is 3.97. The summed E-state index contributed by atoms with van der Waals surface area (Å²) < 4.78 is 1.86. The Morgan fingerprint density at radius 2 is 2.00 bits per heavy atom. The monoisotopic (exact) mass is 269 g/mol. The molecule has 2 rings (SSSR count). The maximum absolute atomic E-state index is 6.10. The molecule has 0 aliphatic carbocycles. The highest BCUT2D eigenvalue weighted by Gasteiger charge is 2.14. The molecule has 0 aliphatic rings. The predicted molar refractivity (Wildman–Crippen MR) is 70.3 cm³/mol. The number of hydrogen-bond donors (Lipinski definition) is 1. The van der Waals surface area contributed by atoms with Crippen LogP contribution < -0.4 is 5.73 Å². The van der Waals surface area contributed by atoms with Crippen molar-refractivity contribution < 1.29 is 0 Å². The number of hydrogen-bond acceptors (Lipinski definition) is 2. The molecule has 3 nitrogen and oxygen atoms in total. The fraction of sp³-hybridized carbons (Fsp3) is 0.250. The molecule has 0 amide bonds. The maximum atomic E-state index is 6.10. The van der Waals surface area contributed by atoms with E-state index in [4.69, 9.17) is 28.9 Å². The zero-order chi connectivity index (χ0) is 12.4. The number of halogens is 2. The number of nitrogens with zero attached hydrogens (tertiary/aromatic N) is 2. The van der Waals surface area contributed by atoms with Crippen molar-refractivity contribution in [3.8, 4) is 0 Å². The van der Waals surface area contributed by atoms with Gasteiger partial charge in [-0.1, -0.05) is 29.3 Å². The molecular weight excluding hydrogens is 257 g/mol. The van der Waals surface area contributed by atoms with Gasteiger partial charge in [0.25, 0.3) is 0 Å². The topological polar surface area (TPSA) is 43.8 Å². The van der Waals surface area contributed by atoms with Gasteiger partial charge in [0.05, 0.1) is 18.1 Å². The zero-order valence-corrected chi connectivity index (χ0v) is 10.9. The summed E-state index contributed by atoms with van der Waals surface area (Å²) in [7, 11) is 1.91. The molecule has 1 atom stereocenters. The summed E-state index contributed by atoms with van der Waals surface area (Å²) in [5, 5.41) is 1.28. The standard InChI is InChI=1S/C12H13Cl2N3/c1-17-6-12(16-7-17)11(15)5-8-9(13)3-2-4-10(8)14/h2-4,6-7,11H,5,15H2,1H3. The van der Waals surface area contributed by atoms with Gasteiger partial charge in [0.15, 0.2) is 0 Å². The van der Waals surface area contributed by atoms with Gasteiger partial charge in [-0.25, -0.2) is 4.98 Å². The molecule has 5 heteroatoms. The maximum Gasteiger partial charge on any atom is 0.0947 e. The molecule has 0 spiro atoms. The van der Waals surface area contributed by atoms with Gasteiger partial charge < -0.3 is 10.3 Å². The lowest BCUT2D eigenvalue weighted by Crippen LogP contribution is -2.14. The van der Waals surface area contributed by atoms with Crippen LogP contribution in [0.5, 0.6) is 0 Å². The van der Waals surface area contributed by atoms with Crippen LogP contribution in [0.4, 0.5) is 0 Å². The Morgan fingerprint density at radius 1 is 1.35 bits per heavy atom. The summed E-state index contributed by atoms with van der Waals surface area (Å²) in [5.41, 5.74) is 7.79. The Kier molecular flexibility index (Phi) is 3.72. The summed E-state index contributed by atoms with van der Waals surface area (Å²) in [5.74, 6) is 0. The SMILES string of the molecule is Cn1cnc(C(N)Cc2c(Cl)cccc2Cl)c1. The fourth-order valence-corrected chi connectivity index (χ4v) is 2.23. The molecule has 2 N–H and O–H groups in total. The molecule has 0 radical (unpaired) electrons. The second-order valence-corrected chi connectivity index (χ2v) is 4.79. The van der Waals surface area contributed by atoms with Crippen molar-refractivity contribution >= 4 is 23.2 Å². The van der Waals surface area contributed by atoms with E-state index in [1.54, 1.807) is 6.33 Å². The smallest absolute Gasteiger partial charge is 0.0947 e. The molecule has 1 aromatic carbocycles. The van der Waals surface area contributed by atoms with Crippen LogP contribution in [0, 0.1) is 0 Å². The van der Waals surface area contributed by atoms with Gasteiger partial charge >= 0.3 is 0 Å². The predicted octanol–water partition coefficient (Wildman–Crippen LogP) is 2.97. The zero-order valence-electron chi connectivity index (χ0n) is 9.40. The number of nitrogens with two attached hydrogens (primary N) is 1. The quantitative estimate of drug-likeness (QED) is 0.931. The van der Waals surface area contributed by atoms with Crippen LogP contribution in [0.1, 0.15) is 17.3 Å². The molecule has 1 aromatic heterocycles. The molecule has 0 fully saturated rings. The van der Waals surface area contributed by atoms with E-state index in [1.807, 2.05) is 36.0 Å². The lowest BCUT2D eigenvalue weighted by atomic mass is 10.0. The van der Waals surface area contributed by atoms with Crippen LogP contribution in [0.2, 0.25) is 10.0 Å². The Morgan fingerprint density at radius 3 is 2.53 bits per heavy atom. The summed E-state index contributed by atoms with van der Waals surface area (Å²) in [6.07, 6.45) is 4.20. The van der Waals surface area contributed by atoms with Gasteiger partial charge in [0.1, 0.15) is 0 Å². The van der Waals surface area contributed by atoms with Crippen LogP contribution in [0.25, 0.3) is 0 Å². The van der Waals surface area contributed by atoms with Crippen LogP contribution >= 0.6 is 23.2 Å². The highest BCUT2D eigenvalue weighted by atomic mass is 35.5. The number of aromatic nitrogens is 2. The molecule has 1 unspecified atom stereocenters. The second kappa shape index (κ2) is 5.08. The number of aryl methyl sites for hydroxylation is 1. The molecule has 1 heterocycles. The van der Waals surface area contributed by atoms with Crippen molar-refractivity contribution in [2.45, 2.75) is 12.5 Å². The minimum absolute atomic E-state index is 0.200. The van der Waals surface area contributed by atoms with Crippen LogP contribution in [0.15, 0.2) is 30.7 Å². The van der Waals surface area contributed by atoms with E-state index in [0.29, 0.717) is 16.5 Å². The number of imidazole rings is 1. The largest absolute Gasteiger partial charge is 0.340 e. The van der Waals surface area contributed by atoms with Gasteiger partial charge in [0, 0.05) is 23.3 Å². The van der Waals surface area contributed by atoms with E-state index in [0.717, 1.165) is 11.3 Å². The Labute approximate surface area is 110 Å².